The largest absolute Gasteiger partial charge is 0.480 e. The summed E-state index contributed by atoms with van der Waals surface area (Å²) in [7, 11) is 1.44. The molecule has 0 aliphatic carbocycles. The van der Waals surface area contributed by atoms with Gasteiger partial charge in [-0.25, -0.2) is 4.79 Å². The van der Waals surface area contributed by atoms with Gasteiger partial charge in [-0.1, -0.05) is 0 Å². The minimum Gasteiger partial charge on any atom is -0.480 e. The molecule has 0 aromatic carbocycles. The number of piperazine rings is 1. The number of carboxylic acid groups (broad SMARTS) is 1. The Kier molecular flexibility index (Phi) is 5.71. The van der Waals surface area contributed by atoms with Gasteiger partial charge in [0.05, 0.1) is 6.54 Å². The molecule has 8 heteroatoms. The highest BCUT2D eigenvalue weighted by atomic mass is 16.4. The highest BCUT2D eigenvalue weighted by Gasteiger charge is 2.25. The van der Waals surface area contributed by atoms with Crippen LogP contribution >= 0.6 is 0 Å². The van der Waals surface area contributed by atoms with Gasteiger partial charge in [0, 0.05) is 33.2 Å². The van der Waals surface area contributed by atoms with E-state index in [1.165, 1.54) is 7.05 Å². The Bertz CT molecular complexity index is 353. The fourth-order valence-electron chi connectivity index (χ4n) is 1.90. The Morgan fingerprint density at radius 3 is 2.26 bits per heavy atom. The Hall–Kier alpha value is -1.67. The number of nitrogens with one attached hydrogen (secondary N) is 2. The van der Waals surface area contributed by atoms with Crippen molar-refractivity contribution >= 4 is 17.9 Å². The van der Waals surface area contributed by atoms with Crippen molar-refractivity contribution in [2.75, 3.05) is 39.8 Å². The molecule has 0 spiro atoms. The van der Waals surface area contributed by atoms with E-state index in [-0.39, 0.29) is 12.5 Å². The van der Waals surface area contributed by atoms with Gasteiger partial charge in [-0.15, -0.1) is 0 Å². The second-order valence-electron chi connectivity index (χ2n) is 4.45. The molecule has 19 heavy (non-hydrogen) atoms. The van der Waals surface area contributed by atoms with Crippen LogP contribution in [0.25, 0.3) is 0 Å². The first-order valence-electron chi connectivity index (χ1n) is 6.14. The molecule has 1 rings (SSSR count). The molecule has 1 saturated heterocycles. The molecule has 1 fully saturated rings. The van der Waals surface area contributed by atoms with Crippen molar-refractivity contribution in [3.05, 3.63) is 0 Å². The van der Waals surface area contributed by atoms with Crippen LogP contribution in [0, 0.1) is 0 Å². The van der Waals surface area contributed by atoms with Crippen molar-refractivity contribution in [2.45, 2.75) is 13.0 Å². The average Bonchev–Trinajstić information content (AvgIpc) is 2.38. The number of hydrogen-bond donors (Lipinski definition) is 3. The maximum atomic E-state index is 11.5. The van der Waals surface area contributed by atoms with Crippen LogP contribution in [-0.4, -0.2) is 78.6 Å². The number of nitrogens with zero attached hydrogens (tertiary/aromatic N) is 2. The lowest BCUT2D eigenvalue weighted by Crippen LogP contribution is -2.54. The van der Waals surface area contributed by atoms with Crippen molar-refractivity contribution in [3.8, 4) is 0 Å². The van der Waals surface area contributed by atoms with E-state index >= 15 is 0 Å². The third-order valence-electron chi connectivity index (χ3n) is 3.16. The first-order valence-corrected chi connectivity index (χ1v) is 6.14. The zero-order valence-electron chi connectivity index (χ0n) is 11.2. The van der Waals surface area contributed by atoms with Crippen molar-refractivity contribution in [3.63, 3.8) is 0 Å². The predicted octanol–water partition coefficient (Wildman–Crippen LogP) is -1.47. The summed E-state index contributed by atoms with van der Waals surface area (Å²) in [5.41, 5.74) is 0. The quantitative estimate of drug-likeness (QED) is 0.577. The second kappa shape index (κ2) is 7.05. The van der Waals surface area contributed by atoms with Gasteiger partial charge in [0.25, 0.3) is 0 Å². The summed E-state index contributed by atoms with van der Waals surface area (Å²) in [6.07, 6.45) is 0. The van der Waals surface area contributed by atoms with E-state index in [1.807, 2.05) is 9.80 Å². The summed E-state index contributed by atoms with van der Waals surface area (Å²) in [6.45, 7) is 4.21. The lowest BCUT2D eigenvalue weighted by atomic mass is 10.2. The number of imide groups is 1. The SMILES string of the molecule is CNC(=O)NC(=O)CN1CCN(C(C)C(=O)O)CC1. The Morgan fingerprint density at radius 1 is 1.21 bits per heavy atom. The number of carbonyl (C=O) groups is 3. The summed E-state index contributed by atoms with van der Waals surface area (Å²) in [5, 5.41) is 13.4. The standard InChI is InChI=1S/C11H20N4O4/c1-8(10(17)18)15-5-3-14(4-6-15)7-9(16)13-11(19)12-2/h8H,3-7H2,1-2H3,(H,17,18)(H2,12,13,16,19). The molecule has 3 amide bonds. The Morgan fingerprint density at radius 2 is 1.79 bits per heavy atom. The van der Waals surface area contributed by atoms with Crippen LogP contribution in [0.3, 0.4) is 0 Å². The number of hydrogen-bond acceptors (Lipinski definition) is 5. The van der Waals surface area contributed by atoms with Gasteiger partial charge in [0.15, 0.2) is 0 Å². The van der Waals surface area contributed by atoms with Gasteiger partial charge >= 0.3 is 12.0 Å². The fraction of sp³-hybridized carbons (Fsp3) is 0.727. The maximum Gasteiger partial charge on any atom is 0.321 e. The van der Waals surface area contributed by atoms with Crippen LogP contribution in [0.5, 0.6) is 0 Å². The van der Waals surface area contributed by atoms with Crippen LogP contribution in [0.4, 0.5) is 4.79 Å². The molecule has 0 radical (unpaired) electrons. The normalized spacial score (nSPS) is 18.6. The van der Waals surface area contributed by atoms with Crippen molar-refractivity contribution in [1.82, 2.24) is 20.4 Å². The second-order valence-corrected chi connectivity index (χ2v) is 4.45. The van der Waals surface area contributed by atoms with Crippen LogP contribution in [0.15, 0.2) is 0 Å². The molecule has 1 aliphatic heterocycles. The van der Waals surface area contributed by atoms with E-state index in [0.29, 0.717) is 26.2 Å². The van der Waals surface area contributed by atoms with Crippen LogP contribution in [-0.2, 0) is 9.59 Å². The lowest BCUT2D eigenvalue weighted by Gasteiger charge is -2.36. The molecule has 0 aromatic heterocycles. The summed E-state index contributed by atoms with van der Waals surface area (Å²) in [6, 6.07) is -1.04. The van der Waals surface area contributed by atoms with Gasteiger partial charge in [-0.05, 0) is 6.92 Å². The van der Waals surface area contributed by atoms with Gasteiger partial charge in [-0.3, -0.25) is 24.7 Å². The molecule has 0 saturated carbocycles. The van der Waals surface area contributed by atoms with Gasteiger partial charge in [0.1, 0.15) is 6.04 Å². The first-order chi connectivity index (χ1) is 8.93. The van der Waals surface area contributed by atoms with Crippen LogP contribution in [0.2, 0.25) is 0 Å². The highest BCUT2D eigenvalue weighted by molar-refractivity contribution is 5.95. The van der Waals surface area contributed by atoms with Gasteiger partial charge in [0.2, 0.25) is 5.91 Å². The Balaban J connectivity index is 2.32. The molecule has 108 valence electrons. The zero-order chi connectivity index (χ0) is 14.4. The van der Waals surface area contributed by atoms with Crippen molar-refractivity contribution in [1.29, 1.82) is 0 Å². The molecule has 8 nitrogen and oxygen atoms in total. The van der Waals surface area contributed by atoms with E-state index in [9.17, 15) is 14.4 Å². The van der Waals surface area contributed by atoms with Gasteiger partial charge < -0.3 is 10.4 Å². The van der Waals surface area contributed by atoms with Crippen LogP contribution < -0.4 is 10.6 Å². The lowest BCUT2D eigenvalue weighted by molar-refractivity contribution is -0.143. The Labute approximate surface area is 111 Å². The van der Waals surface area contributed by atoms with E-state index in [1.54, 1.807) is 6.92 Å². The van der Waals surface area contributed by atoms with Crippen LogP contribution in [0.1, 0.15) is 6.92 Å². The number of carboxylic acids is 1. The minimum absolute atomic E-state index is 0.142. The zero-order valence-corrected chi connectivity index (χ0v) is 11.2. The van der Waals surface area contributed by atoms with E-state index in [0.717, 1.165) is 0 Å². The summed E-state index contributed by atoms with van der Waals surface area (Å²) < 4.78 is 0. The number of rotatable bonds is 4. The van der Waals surface area contributed by atoms with E-state index in [2.05, 4.69) is 10.6 Å². The minimum atomic E-state index is -0.842. The number of amides is 3. The average molecular weight is 272 g/mol. The smallest absolute Gasteiger partial charge is 0.321 e. The molecule has 1 aliphatic rings. The van der Waals surface area contributed by atoms with Crippen molar-refractivity contribution < 1.29 is 19.5 Å². The highest BCUT2D eigenvalue weighted by Crippen LogP contribution is 2.06. The third-order valence-corrected chi connectivity index (χ3v) is 3.16. The monoisotopic (exact) mass is 272 g/mol. The van der Waals surface area contributed by atoms with E-state index in [4.69, 9.17) is 5.11 Å². The topological polar surface area (TPSA) is 102 Å². The molecule has 0 aromatic rings. The molecule has 1 atom stereocenters. The molecular weight excluding hydrogens is 252 g/mol. The number of aliphatic carboxylic acids is 1. The van der Waals surface area contributed by atoms with Crippen molar-refractivity contribution in [2.24, 2.45) is 0 Å². The maximum absolute atomic E-state index is 11.5. The predicted molar refractivity (Wildman–Crippen MR) is 67.7 cm³/mol. The molecular formula is C11H20N4O4. The molecule has 3 N–H and O–H groups in total. The number of urea groups is 1. The third kappa shape index (κ3) is 4.84. The van der Waals surface area contributed by atoms with E-state index < -0.39 is 18.0 Å². The van der Waals surface area contributed by atoms with Gasteiger partial charge in [-0.2, -0.15) is 0 Å². The molecule has 1 unspecified atom stereocenters. The first kappa shape index (κ1) is 15.4. The molecule has 0 bridgehead atoms. The summed E-state index contributed by atoms with van der Waals surface area (Å²) >= 11 is 0. The molecule has 1 heterocycles. The fourth-order valence-corrected chi connectivity index (χ4v) is 1.90. The number of carbonyl (C=O) groups excluding carboxylic acids is 2. The summed E-state index contributed by atoms with van der Waals surface area (Å²) in [4.78, 5) is 37.0. The summed E-state index contributed by atoms with van der Waals surface area (Å²) in [5.74, 6) is -1.20.